The van der Waals surface area contributed by atoms with Gasteiger partial charge in [-0.05, 0) is 36.8 Å². The summed E-state index contributed by atoms with van der Waals surface area (Å²) in [6.07, 6.45) is 0. The van der Waals surface area contributed by atoms with Gasteiger partial charge in [-0.25, -0.2) is 13.6 Å². The highest BCUT2D eigenvalue weighted by molar-refractivity contribution is 6.36. The largest absolute Gasteiger partial charge is 0.326 e. The molecule has 2 N–H and O–H groups in total. The molecule has 2 aromatic rings. The first-order chi connectivity index (χ1) is 10.8. The van der Waals surface area contributed by atoms with Crippen molar-refractivity contribution in [2.75, 3.05) is 5.32 Å². The van der Waals surface area contributed by atoms with E-state index in [1.807, 2.05) is 5.32 Å². The summed E-state index contributed by atoms with van der Waals surface area (Å²) in [6.45, 7) is 1.69. The zero-order valence-electron chi connectivity index (χ0n) is 11.7. The van der Waals surface area contributed by atoms with Gasteiger partial charge in [0.05, 0.1) is 0 Å². The molecule has 0 aliphatic heterocycles. The molecule has 0 aromatic heterocycles. The Labute approximate surface area is 140 Å². The van der Waals surface area contributed by atoms with Crippen molar-refractivity contribution in [3.8, 4) is 0 Å². The zero-order chi connectivity index (χ0) is 17.1. The number of halogens is 4. The van der Waals surface area contributed by atoms with E-state index in [0.717, 1.165) is 18.2 Å². The molecule has 0 heterocycles. The SMILES string of the molecule is Cc1c(Cl)cc(NC(=O)NC(=O)c2c(F)cccc2F)cc1Cl. The number of benzene rings is 2. The van der Waals surface area contributed by atoms with Crippen LogP contribution in [-0.2, 0) is 0 Å². The highest BCUT2D eigenvalue weighted by Crippen LogP contribution is 2.28. The summed E-state index contributed by atoms with van der Waals surface area (Å²) in [5.41, 5.74) is 0.0105. The fraction of sp³-hybridized carbons (Fsp3) is 0.0667. The Balaban J connectivity index is 2.12. The molecular formula is C15H10Cl2F2N2O2. The molecule has 0 radical (unpaired) electrons. The van der Waals surface area contributed by atoms with Crippen molar-refractivity contribution in [1.29, 1.82) is 0 Å². The molecule has 23 heavy (non-hydrogen) atoms. The maximum atomic E-state index is 13.5. The number of amides is 3. The van der Waals surface area contributed by atoms with Crippen molar-refractivity contribution in [1.82, 2.24) is 5.32 Å². The van der Waals surface area contributed by atoms with Crippen molar-refractivity contribution >= 4 is 40.8 Å². The number of imide groups is 1. The van der Waals surface area contributed by atoms with Crippen LogP contribution in [-0.4, -0.2) is 11.9 Å². The van der Waals surface area contributed by atoms with Crippen LogP contribution in [0, 0.1) is 18.6 Å². The normalized spacial score (nSPS) is 10.3. The minimum Gasteiger partial charge on any atom is -0.308 e. The molecule has 8 heteroatoms. The van der Waals surface area contributed by atoms with Crippen molar-refractivity contribution in [2.45, 2.75) is 6.92 Å². The van der Waals surface area contributed by atoms with E-state index in [2.05, 4.69) is 5.32 Å². The quantitative estimate of drug-likeness (QED) is 0.827. The average molecular weight is 359 g/mol. The predicted molar refractivity (Wildman–Crippen MR) is 84.0 cm³/mol. The summed E-state index contributed by atoms with van der Waals surface area (Å²) < 4.78 is 26.9. The first kappa shape index (κ1) is 17.2. The standard InChI is InChI=1S/C15H10Cl2F2N2O2/c1-7-9(16)5-8(6-10(7)17)20-15(23)21-14(22)13-11(18)3-2-4-12(13)19/h2-6H,1H3,(H2,20,21,22,23). The lowest BCUT2D eigenvalue weighted by Crippen LogP contribution is -2.35. The average Bonchev–Trinajstić information content (AvgIpc) is 2.44. The molecule has 0 saturated heterocycles. The van der Waals surface area contributed by atoms with E-state index in [0.29, 0.717) is 15.6 Å². The molecule has 4 nitrogen and oxygen atoms in total. The van der Waals surface area contributed by atoms with Crippen molar-refractivity contribution < 1.29 is 18.4 Å². The number of anilines is 1. The molecule has 0 atom stereocenters. The van der Waals surface area contributed by atoms with Gasteiger partial charge < -0.3 is 5.32 Å². The van der Waals surface area contributed by atoms with Crippen LogP contribution in [0.2, 0.25) is 10.0 Å². The second kappa shape index (κ2) is 6.93. The molecule has 0 saturated carbocycles. The number of urea groups is 1. The van der Waals surface area contributed by atoms with Crippen LogP contribution in [0.3, 0.4) is 0 Å². The Hall–Kier alpha value is -2.18. The maximum Gasteiger partial charge on any atom is 0.326 e. The van der Waals surface area contributed by atoms with Gasteiger partial charge in [0.1, 0.15) is 17.2 Å². The number of nitrogens with one attached hydrogen (secondary N) is 2. The zero-order valence-corrected chi connectivity index (χ0v) is 13.2. The maximum absolute atomic E-state index is 13.5. The van der Waals surface area contributed by atoms with Crippen LogP contribution in [0.1, 0.15) is 15.9 Å². The summed E-state index contributed by atoms with van der Waals surface area (Å²) in [5.74, 6) is -3.35. The Bertz CT molecular complexity index is 754. The van der Waals surface area contributed by atoms with Crippen molar-refractivity contribution in [2.24, 2.45) is 0 Å². The minimum absolute atomic E-state index is 0.227. The lowest BCUT2D eigenvalue weighted by atomic mass is 10.2. The molecule has 3 amide bonds. The van der Waals surface area contributed by atoms with E-state index in [1.54, 1.807) is 6.92 Å². The van der Waals surface area contributed by atoms with Crippen molar-refractivity contribution in [3.63, 3.8) is 0 Å². The van der Waals surface area contributed by atoms with Gasteiger partial charge in [0.25, 0.3) is 5.91 Å². The first-order valence-corrected chi connectivity index (χ1v) is 7.07. The molecule has 0 aliphatic carbocycles. The third-order valence-electron chi connectivity index (χ3n) is 2.96. The molecular weight excluding hydrogens is 349 g/mol. The van der Waals surface area contributed by atoms with E-state index in [9.17, 15) is 18.4 Å². The van der Waals surface area contributed by atoms with Crippen LogP contribution in [0.4, 0.5) is 19.3 Å². The number of hydrogen-bond donors (Lipinski definition) is 2. The molecule has 0 aliphatic rings. The highest BCUT2D eigenvalue weighted by atomic mass is 35.5. The van der Waals surface area contributed by atoms with Gasteiger partial charge in [0, 0.05) is 15.7 Å². The Morgan fingerprint density at radius 3 is 2.09 bits per heavy atom. The fourth-order valence-electron chi connectivity index (χ4n) is 1.76. The van der Waals surface area contributed by atoms with Gasteiger partial charge in [-0.2, -0.15) is 0 Å². The summed E-state index contributed by atoms with van der Waals surface area (Å²) in [5, 5.41) is 4.77. The van der Waals surface area contributed by atoms with E-state index < -0.39 is 29.1 Å². The van der Waals surface area contributed by atoms with Crippen molar-refractivity contribution in [3.05, 3.63) is 63.1 Å². The number of carbonyl (C=O) groups is 2. The molecule has 0 bridgehead atoms. The Morgan fingerprint density at radius 2 is 1.57 bits per heavy atom. The third-order valence-corrected chi connectivity index (χ3v) is 3.74. The van der Waals surface area contributed by atoms with E-state index in [1.165, 1.54) is 12.1 Å². The van der Waals surface area contributed by atoms with Gasteiger partial charge >= 0.3 is 6.03 Å². The lowest BCUT2D eigenvalue weighted by Gasteiger charge is -2.10. The number of carbonyl (C=O) groups excluding carboxylic acids is 2. The van der Waals surface area contributed by atoms with Crippen LogP contribution in [0.25, 0.3) is 0 Å². The first-order valence-electron chi connectivity index (χ1n) is 6.31. The van der Waals surface area contributed by atoms with E-state index in [-0.39, 0.29) is 5.69 Å². The number of rotatable bonds is 2. The van der Waals surface area contributed by atoms with Gasteiger partial charge in [-0.3, -0.25) is 10.1 Å². The molecule has 2 rings (SSSR count). The predicted octanol–water partition coefficient (Wildman–Crippen LogP) is 4.54. The summed E-state index contributed by atoms with van der Waals surface area (Å²) in [4.78, 5) is 23.5. The third kappa shape index (κ3) is 3.97. The van der Waals surface area contributed by atoms with E-state index >= 15 is 0 Å². The van der Waals surface area contributed by atoms with Crippen LogP contribution in [0.15, 0.2) is 30.3 Å². The minimum atomic E-state index is -1.21. The monoisotopic (exact) mass is 358 g/mol. The smallest absolute Gasteiger partial charge is 0.308 e. The summed E-state index contributed by atoms with van der Waals surface area (Å²) in [6, 6.07) is 4.81. The summed E-state index contributed by atoms with van der Waals surface area (Å²) in [7, 11) is 0. The Kier molecular flexibility index (Phi) is 5.18. The van der Waals surface area contributed by atoms with Crippen LogP contribution in [0.5, 0.6) is 0 Å². The second-order valence-corrected chi connectivity index (χ2v) is 5.38. The summed E-state index contributed by atoms with van der Waals surface area (Å²) >= 11 is 11.8. The van der Waals surface area contributed by atoms with Gasteiger partial charge in [-0.15, -0.1) is 0 Å². The molecule has 120 valence electrons. The second-order valence-electron chi connectivity index (χ2n) is 4.57. The van der Waals surface area contributed by atoms with E-state index in [4.69, 9.17) is 23.2 Å². The van der Waals surface area contributed by atoms with Crippen LogP contribution < -0.4 is 10.6 Å². The topological polar surface area (TPSA) is 58.2 Å². The van der Waals surface area contributed by atoms with Gasteiger partial charge in [-0.1, -0.05) is 29.3 Å². The molecule has 0 fully saturated rings. The molecule has 0 spiro atoms. The molecule has 2 aromatic carbocycles. The highest BCUT2D eigenvalue weighted by Gasteiger charge is 2.19. The number of hydrogen-bond acceptors (Lipinski definition) is 2. The fourth-order valence-corrected chi connectivity index (χ4v) is 2.25. The Morgan fingerprint density at radius 1 is 1.04 bits per heavy atom. The van der Waals surface area contributed by atoms with Gasteiger partial charge in [0.2, 0.25) is 0 Å². The van der Waals surface area contributed by atoms with Gasteiger partial charge in [0.15, 0.2) is 0 Å². The lowest BCUT2D eigenvalue weighted by molar-refractivity contribution is 0.0959. The molecule has 0 unspecified atom stereocenters. The van der Waals surface area contributed by atoms with Crippen LogP contribution >= 0.6 is 23.2 Å².